The van der Waals surface area contributed by atoms with Gasteiger partial charge >= 0.3 is 0 Å². The van der Waals surface area contributed by atoms with Crippen molar-refractivity contribution >= 4 is 21.9 Å². The summed E-state index contributed by atoms with van der Waals surface area (Å²) in [5, 5.41) is 8.42. The second kappa shape index (κ2) is 9.51. The largest absolute Gasteiger partial charge is 0.335 e. The molecule has 0 fully saturated rings. The molecule has 0 unspecified atom stereocenters. The average Bonchev–Trinajstić information content (AvgIpc) is 3.52. The Kier molecular flexibility index (Phi) is 5.90. The standard InChI is InChI=1S/C28H25FN8/c1-37(2)9-5-6-17-10-18(12-19(29)11-17)21-14-30-15-25-26(21)34-28(33-25)27-20-13-23(22-7-3-4-8-31-22)32-16-24(20)35-36-27/h3-4,7-8,10-16H,5-6,9H2,1-2H3,(H,33,34)(H,35,36). The van der Waals surface area contributed by atoms with Gasteiger partial charge in [-0.2, -0.15) is 5.10 Å². The lowest BCUT2D eigenvalue weighted by molar-refractivity contribution is 0.400. The minimum atomic E-state index is -0.266. The first kappa shape index (κ1) is 22.9. The SMILES string of the molecule is CN(C)CCCc1cc(F)cc(-c2cncc3[nH]c(-c4n[nH]c5cnc(-c6ccccn6)cc45)nc23)c1. The molecule has 0 aliphatic heterocycles. The van der Waals surface area contributed by atoms with E-state index in [9.17, 15) is 4.39 Å². The summed E-state index contributed by atoms with van der Waals surface area (Å²) in [4.78, 5) is 23.7. The van der Waals surface area contributed by atoms with Gasteiger partial charge in [-0.15, -0.1) is 0 Å². The summed E-state index contributed by atoms with van der Waals surface area (Å²) in [5.74, 6) is 0.328. The Labute approximate surface area is 212 Å². The molecule has 0 radical (unpaired) electrons. The quantitative estimate of drug-likeness (QED) is 0.315. The van der Waals surface area contributed by atoms with Gasteiger partial charge in [0.2, 0.25) is 0 Å². The highest BCUT2D eigenvalue weighted by atomic mass is 19.1. The molecule has 0 saturated carbocycles. The van der Waals surface area contributed by atoms with E-state index in [4.69, 9.17) is 4.98 Å². The third-order valence-electron chi connectivity index (χ3n) is 6.33. The first-order valence-electron chi connectivity index (χ1n) is 12.1. The van der Waals surface area contributed by atoms with Crippen molar-refractivity contribution in [1.29, 1.82) is 0 Å². The number of nitrogens with one attached hydrogen (secondary N) is 2. The van der Waals surface area contributed by atoms with Gasteiger partial charge in [-0.05, 0) is 74.9 Å². The summed E-state index contributed by atoms with van der Waals surface area (Å²) in [6, 6.07) is 12.8. The average molecular weight is 493 g/mol. The highest BCUT2D eigenvalue weighted by molar-refractivity contribution is 5.97. The summed E-state index contributed by atoms with van der Waals surface area (Å²) >= 11 is 0. The van der Waals surface area contributed by atoms with Gasteiger partial charge in [0.1, 0.15) is 11.5 Å². The van der Waals surface area contributed by atoms with Gasteiger partial charge < -0.3 is 9.88 Å². The maximum absolute atomic E-state index is 14.6. The summed E-state index contributed by atoms with van der Waals surface area (Å²) in [6.45, 7) is 0.945. The van der Waals surface area contributed by atoms with Crippen LogP contribution in [0.5, 0.6) is 0 Å². The lowest BCUT2D eigenvalue weighted by Crippen LogP contribution is -2.13. The third kappa shape index (κ3) is 4.56. The zero-order valence-corrected chi connectivity index (χ0v) is 20.5. The Morgan fingerprint density at radius 1 is 0.946 bits per heavy atom. The Morgan fingerprint density at radius 2 is 1.86 bits per heavy atom. The second-order valence-electron chi connectivity index (χ2n) is 9.33. The molecule has 6 aromatic rings. The van der Waals surface area contributed by atoms with Crippen molar-refractivity contribution in [3.63, 3.8) is 0 Å². The number of aromatic nitrogens is 7. The van der Waals surface area contributed by atoms with Crippen LogP contribution in [0.3, 0.4) is 0 Å². The molecule has 6 rings (SSSR count). The van der Waals surface area contributed by atoms with Crippen LogP contribution in [0.1, 0.15) is 12.0 Å². The van der Waals surface area contributed by atoms with Crippen molar-refractivity contribution in [2.45, 2.75) is 12.8 Å². The fourth-order valence-corrected chi connectivity index (χ4v) is 4.56. The predicted octanol–water partition coefficient (Wildman–Crippen LogP) is 5.26. The summed E-state index contributed by atoms with van der Waals surface area (Å²) in [6.07, 6.45) is 8.69. The van der Waals surface area contributed by atoms with Crippen LogP contribution < -0.4 is 0 Å². The Morgan fingerprint density at radius 3 is 2.70 bits per heavy atom. The number of benzene rings is 1. The molecule has 184 valence electrons. The lowest BCUT2D eigenvalue weighted by atomic mass is 10.0. The maximum atomic E-state index is 14.6. The summed E-state index contributed by atoms with van der Waals surface area (Å²) < 4.78 is 14.6. The number of rotatable bonds is 7. The molecule has 5 aromatic heterocycles. The van der Waals surface area contributed by atoms with Crippen LogP contribution >= 0.6 is 0 Å². The van der Waals surface area contributed by atoms with Crippen LogP contribution in [0.15, 0.2) is 67.3 Å². The van der Waals surface area contributed by atoms with E-state index in [2.05, 4.69) is 35.0 Å². The number of pyridine rings is 3. The molecule has 8 nitrogen and oxygen atoms in total. The van der Waals surface area contributed by atoms with Gasteiger partial charge in [-0.3, -0.25) is 20.1 Å². The summed E-state index contributed by atoms with van der Waals surface area (Å²) in [7, 11) is 4.08. The second-order valence-corrected chi connectivity index (χ2v) is 9.33. The number of aryl methyl sites for hydroxylation is 1. The molecule has 5 heterocycles. The zero-order chi connectivity index (χ0) is 25.4. The van der Waals surface area contributed by atoms with Crippen LogP contribution in [-0.2, 0) is 6.42 Å². The molecule has 0 aliphatic carbocycles. The number of aromatic amines is 2. The van der Waals surface area contributed by atoms with Gasteiger partial charge in [0, 0.05) is 23.3 Å². The fourth-order valence-electron chi connectivity index (χ4n) is 4.56. The first-order chi connectivity index (χ1) is 18.0. The number of halogens is 1. The van der Waals surface area contributed by atoms with Crippen LogP contribution in [0.2, 0.25) is 0 Å². The van der Waals surface area contributed by atoms with E-state index in [0.29, 0.717) is 17.0 Å². The number of hydrogen-bond acceptors (Lipinski definition) is 6. The van der Waals surface area contributed by atoms with Crippen molar-refractivity contribution in [2.24, 2.45) is 0 Å². The van der Waals surface area contributed by atoms with Gasteiger partial charge in [0.05, 0.1) is 40.3 Å². The van der Waals surface area contributed by atoms with Crippen molar-refractivity contribution in [2.75, 3.05) is 20.6 Å². The van der Waals surface area contributed by atoms with E-state index < -0.39 is 0 Å². The van der Waals surface area contributed by atoms with Crippen molar-refractivity contribution < 1.29 is 4.39 Å². The first-order valence-corrected chi connectivity index (χ1v) is 12.1. The normalized spacial score (nSPS) is 11.7. The van der Waals surface area contributed by atoms with E-state index in [1.165, 1.54) is 6.07 Å². The van der Waals surface area contributed by atoms with Gasteiger partial charge in [-0.25, -0.2) is 9.37 Å². The molecule has 37 heavy (non-hydrogen) atoms. The minimum absolute atomic E-state index is 0.266. The van der Waals surface area contributed by atoms with Crippen molar-refractivity contribution in [3.05, 3.63) is 78.6 Å². The minimum Gasteiger partial charge on any atom is -0.335 e. The number of fused-ring (bicyclic) bond motifs is 2. The molecule has 0 atom stereocenters. The van der Waals surface area contributed by atoms with E-state index in [0.717, 1.165) is 63.9 Å². The highest BCUT2D eigenvalue weighted by Gasteiger charge is 2.17. The van der Waals surface area contributed by atoms with Crippen LogP contribution in [0.4, 0.5) is 4.39 Å². The van der Waals surface area contributed by atoms with Crippen LogP contribution in [0.25, 0.3) is 56.0 Å². The van der Waals surface area contributed by atoms with E-state index in [-0.39, 0.29) is 5.82 Å². The lowest BCUT2D eigenvalue weighted by Gasteiger charge is -2.10. The molecule has 0 bridgehead atoms. The predicted molar refractivity (Wildman–Crippen MR) is 142 cm³/mol. The van der Waals surface area contributed by atoms with E-state index in [1.54, 1.807) is 30.9 Å². The Balaban J connectivity index is 1.41. The Hall–Kier alpha value is -4.50. The van der Waals surface area contributed by atoms with Gasteiger partial charge in [0.25, 0.3) is 0 Å². The topological polar surface area (TPSA) is 99.3 Å². The van der Waals surface area contributed by atoms with Crippen molar-refractivity contribution in [1.82, 2.24) is 40.0 Å². The molecule has 0 spiro atoms. The number of imidazole rings is 1. The monoisotopic (exact) mass is 492 g/mol. The molecular weight excluding hydrogens is 467 g/mol. The van der Waals surface area contributed by atoms with E-state index in [1.807, 2.05) is 44.4 Å². The molecule has 0 aliphatic rings. The number of H-pyrrole nitrogens is 2. The molecular formula is C28H25FN8. The highest BCUT2D eigenvalue weighted by Crippen LogP contribution is 2.32. The molecule has 2 N–H and O–H groups in total. The Bertz CT molecular complexity index is 1700. The molecule has 0 saturated heterocycles. The zero-order valence-electron chi connectivity index (χ0n) is 20.5. The smallest absolute Gasteiger partial charge is 0.159 e. The molecule has 1 aromatic carbocycles. The van der Waals surface area contributed by atoms with Gasteiger partial charge in [-0.1, -0.05) is 12.1 Å². The molecule has 9 heteroatoms. The summed E-state index contributed by atoms with van der Waals surface area (Å²) in [5.41, 5.74) is 6.93. The van der Waals surface area contributed by atoms with Crippen LogP contribution in [0, 0.1) is 5.82 Å². The van der Waals surface area contributed by atoms with Gasteiger partial charge in [0.15, 0.2) is 5.82 Å². The third-order valence-corrected chi connectivity index (χ3v) is 6.33. The van der Waals surface area contributed by atoms with Crippen LogP contribution in [-0.4, -0.2) is 60.7 Å². The number of hydrogen-bond donors (Lipinski definition) is 2. The maximum Gasteiger partial charge on any atom is 0.159 e. The molecule has 0 amide bonds. The fraction of sp³-hybridized carbons (Fsp3) is 0.179. The van der Waals surface area contributed by atoms with Crippen molar-refractivity contribution in [3.8, 4) is 34.0 Å². The number of nitrogens with zero attached hydrogens (tertiary/aromatic N) is 6. The van der Waals surface area contributed by atoms with E-state index >= 15 is 0 Å².